The molecule has 410 valence electrons. The molecule has 81 heavy (non-hydrogen) atoms. The monoisotopic (exact) mass is 1130 g/mol. The number of carbonyl (C=O) groups excluding carboxylic acids is 1. The van der Waals surface area contributed by atoms with Gasteiger partial charge in [-0.15, -0.1) is 0 Å². The average Bonchev–Trinajstić information content (AvgIpc) is 0.729. The Morgan fingerprint density at radius 2 is 0.926 bits per heavy atom. The quantitative estimate of drug-likeness (QED) is 0.0466. The lowest BCUT2D eigenvalue weighted by atomic mass is 9.89. The van der Waals surface area contributed by atoms with E-state index in [4.69, 9.17) is 47.5 Å². The van der Waals surface area contributed by atoms with E-state index >= 15 is 0 Å². The van der Waals surface area contributed by atoms with Gasteiger partial charge in [-0.25, -0.2) is 41.5 Å². The van der Waals surface area contributed by atoms with E-state index in [2.05, 4.69) is 5.32 Å². The van der Waals surface area contributed by atoms with E-state index in [-0.39, 0.29) is 67.7 Å². The van der Waals surface area contributed by atoms with Crippen LogP contribution in [0.5, 0.6) is 11.5 Å². The van der Waals surface area contributed by atoms with Crippen LogP contribution in [0.4, 0.5) is 17.6 Å². The smallest absolute Gasteiger partial charge is 0.336 e. The van der Waals surface area contributed by atoms with Crippen molar-refractivity contribution in [1.29, 1.82) is 0 Å². The van der Waals surface area contributed by atoms with Gasteiger partial charge in [0.05, 0.1) is 63.2 Å². The van der Waals surface area contributed by atoms with Gasteiger partial charge in [0.25, 0.3) is 0 Å². The van der Waals surface area contributed by atoms with Gasteiger partial charge in [-0.05, 0) is 71.6 Å². The Bertz CT molecular complexity index is 5150. The molecule has 1 amide bonds. The molecule has 0 bridgehead atoms. The second-order valence-electron chi connectivity index (χ2n) is 15.8. The number of fused-ring (bicyclic) bond motifs is 4. The van der Waals surface area contributed by atoms with E-state index in [1.165, 1.54) is 0 Å². The van der Waals surface area contributed by atoms with Crippen LogP contribution in [0.15, 0.2) is 164 Å². The van der Waals surface area contributed by atoms with E-state index in [1.54, 1.807) is 6.92 Å². The second kappa shape index (κ2) is 24.4. The van der Waals surface area contributed by atoms with Crippen molar-refractivity contribution in [2.24, 2.45) is 0 Å². The number of carbonyl (C=O) groups is 6. The van der Waals surface area contributed by atoms with Crippen molar-refractivity contribution >= 4 is 57.7 Å². The highest BCUT2D eigenvalue weighted by Gasteiger charge is 2.28. The van der Waals surface area contributed by atoms with E-state index in [0.29, 0.717) is 12.1 Å². The summed E-state index contributed by atoms with van der Waals surface area (Å²) in [5.41, 5.74) is -9.63. The number of rotatable bonds is 10. The highest BCUT2D eigenvalue weighted by molar-refractivity contribution is 6.09. The summed E-state index contributed by atoms with van der Waals surface area (Å²) in [5.74, 6) is -16.1. The lowest BCUT2D eigenvalue weighted by molar-refractivity contribution is -0.120. The molecule has 2 aliphatic carbocycles. The van der Waals surface area contributed by atoms with Crippen LogP contribution in [0.1, 0.15) is 94.0 Å². The number of carboxylic acids is 5. The summed E-state index contributed by atoms with van der Waals surface area (Å²) in [6, 6.07) is -7.91. The minimum Gasteiger partial charge on any atom is -0.505 e. The summed E-state index contributed by atoms with van der Waals surface area (Å²) >= 11 is 0. The lowest BCUT2D eigenvalue weighted by Gasteiger charge is -2.19. The van der Waals surface area contributed by atoms with Gasteiger partial charge in [0.1, 0.15) is 22.7 Å². The second-order valence-corrected chi connectivity index (χ2v) is 15.8. The summed E-state index contributed by atoms with van der Waals surface area (Å²) in [5, 5.41) is 67.7. The van der Waals surface area contributed by atoms with Crippen LogP contribution < -0.4 is 16.2 Å². The highest BCUT2D eigenvalue weighted by Crippen LogP contribution is 2.45. The first kappa shape index (κ1) is 38.4. The Hall–Kier alpha value is -11.2. The molecule has 22 heteroatoms. The van der Waals surface area contributed by atoms with Crippen molar-refractivity contribution < 1.29 is 114 Å². The maximum Gasteiger partial charge on any atom is 0.336 e. The van der Waals surface area contributed by atoms with Crippen LogP contribution >= 0.6 is 0 Å². The van der Waals surface area contributed by atoms with Crippen molar-refractivity contribution in [2.75, 3.05) is 0 Å². The van der Waals surface area contributed by atoms with Gasteiger partial charge in [0, 0.05) is 57.6 Å². The Kier molecular flexibility index (Phi) is 11.6. The average molecular weight is 1130 g/mol. The number of aromatic hydroxyl groups is 2. The molecular formula is C59H39F4NO17. The molecule has 18 nitrogen and oxygen atoms in total. The molecule has 4 aliphatic rings. The van der Waals surface area contributed by atoms with Gasteiger partial charge in [-0.3, -0.25) is 14.4 Å². The molecule has 0 unspecified atom stereocenters. The zero-order chi connectivity index (χ0) is 73.8. The summed E-state index contributed by atoms with van der Waals surface area (Å²) < 4.78 is 198. The number of carboxylic acid groups (broad SMARTS) is 5. The standard InChI is InChI=1S/C24H17F2NO6.C20H10F2O5.C8H6O4.C7H6O2/c1-2-20(29)27-10-15-22(30)17(26)8-14-21(11-5-3-4-6-12(11)24(31)32)13-7-16(25)18(28)9-19(13)33-23(14)15;21-13-5-11-17(7-15(13)23)27-18-8-16(24)14(22)6-12(18)19(11)9-3-1-2-4-10(9)20(25)26;9-7(10)5-3-1-2-4-6(5)8(11)12;8-7(9)6-4-2-1-3-5-6/h3-9,30H,2,10H2,1H3,(H,27,29)(H,31,32);1-8,23H,(H,25,26);1-4H,(H,9,10)(H,11,12);1-5H,(H,8,9)/i3D,4D,5D,6D;2*1D,2D,3D,4D;1D,2D,3D,4D,5D. The molecule has 6 aromatic carbocycles. The molecule has 0 saturated heterocycles. The Labute approximate surface area is 475 Å². The molecule has 0 radical (unpaired) electrons. The van der Waals surface area contributed by atoms with Gasteiger partial charge in [-0.1, -0.05) is 73.4 Å². The number of hydrogen-bond acceptors (Lipinski definition) is 12. The summed E-state index contributed by atoms with van der Waals surface area (Å²) in [6.45, 7) is 1.10. The van der Waals surface area contributed by atoms with Crippen molar-refractivity contribution in [3.63, 3.8) is 0 Å². The number of benzene rings is 8. The van der Waals surface area contributed by atoms with E-state index in [0.717, 1.165) is 30.3 Å². The fourth-order valence-electron chi connectivity index (χ4n) is 7.27. The van der Waals surface area contributed by atoms with Gasteiger partial charge in [0.2, 0.25) is 16.8 Å². The topological polar surface area (TPSA) is 316 Å². The van der Waals surface area contributed by atoms with Crippen LogP contribution in [0.3, 0.4) is 0 Å². The number of amides is 1. The number of aromatic carboxylic acids is 5. The number of hydrogen-bond donors (Lipinski definition) is 8. The van der Waals surface area contributed by atoms with Crippen LogP contribution in [0.2, 0.25) is 0 Å². The van der Waals surface area contributed by atoms with Crippen molar-refractivity contribution in [1.82, 2.24) is 5.32 Å². The van der Waals surface area contributed by atoms with Crippen LogP contribution in [-0.2, 0) is 11.3 Å². The normalized spacial score (nSPS) is 13.6. The van der Waals surface area contributed by atoms with Crippen LogP contribution in [0, 0.1) is 23.3 Å². The summed E-state index contributed by atoms with van der Waals surface area (Å²) in [4.78, 5) is 91.8. The number of halogens is 4. The highest BCUT2D eigenvalue weighted by atomic mass is 19.1. The molecule has 0 aromatic heterocycles. The molecule has 0 fully saturated rings. The Balaban J connectivity index is 0.000000198. The summed E-state index contributed by atoms with van der Waals surface area (Å²) in [6.07, 6.45) is 0.0559. The fraction of sp³-hybridized carbons (Fsp3) is 0.0508. The molecule has 2 aliphatic heterocycles. The van der Waals surface area contributed by atoms with Crippen LogP contribution in [0.25, 0.3) is 66.8 Å². The molecule has 6 aromatic rings. The SMILES string of the molecule is [2H]c1c([2H])c([2H])c(-c2c3cc(F)c(=O)cc-3oc3c(CNC(=O)CC)c(O)c(F)cc23)c(C(=O)O)c1[2H].[2H]c1c([2H])c([2H])c(-c2c3cc(F)c(=O)cc-3oc3cc(O)c(F)cc23)c(C(=O)O)c1[2H].[2H]c1c([2H])c([2H])c(C(=O)O)c(C(=O)O)c1[2H].[2H]c1c([2H])c([2H])c(C(=O)O)c([2H])c1[2H]. The van der Waals surface area contributed by atoms with Gasteiger partial charge >= 0.3 is 29.8 Å². The van der Waals surface area contributed by atoms with Crippen LogP contribution in [-0.4, -0.2) is 71.5 Å². The zero-order valence-corrected chi connectivity index (χ0v) is 40.2. The first-order chi connectivity index (χ1) is 45.6. The van der Waals surface area contributed by atoms with E-state index in [1.807, 2.05) is 0 Å². The maximum absolute atomic E-state index is 14.9. The first-order valence-electron chi connectivity index (χ1n) is 30.6. The molecule has 8 N–H and O–H groups in total. The largest absolute Gasteiger partial charge is 0.505 e. The predicted octanol–water partition coefficient (Wildman–Crippen LogP) is 11.0. The van der Waals surface area contributed by atoms with Gasteiger partial charge in [-0.2, -0.15) is 0 Å². The molecular weight excluding hydrogens is 1070 g/mol. The predicted molar refractivity (Wildman–Crippen MR) is 282 cm³/mol. The molecule has 0 spiro atoms. The molecule has 2 heterocycles. The molecule has 10 rings (SSSR count). The maximum atomic E-state index is 14.9. The van der Waals surface area contributed by atoms with Gasteiger partial charge < -0.3 is 49.9 Å². The van der Waals surface area contributed by atoms with E-state index < -0.39 is 230 Å². The third-order valence-electron chi connectivity index (χ3n) is 10.8. The van der Waals surface area contributed by atoms with Crippen molar-refractivity contribution in [2.45, 2.75) is 19.9 Å². The third-order valence-corrected chi connectivity index (χ3v) is 10.8. The fourth-order valence-corrected chi connectivity index (χ4v) is 7.27. The lowest BCUT2D eigenvalue weighted by Crippen LogP contribution is -2.21. The minimum atomic E-state index is -1.75. The van der Waals surface area contributed by atoms with E-state index in [9.17, 15) is 76.3 Å². The number of phenolic OH excluding ortho intramolecular Hbond substituents is 2. The summed E-state index contributed by atoms with van der Waals surface area (Å²) in [7, 11) is 0. The minimum absolute atomic E-state index is 0.0559. The third kappa shape index (κ3) is 12.5. The first-order valence-corrected chi connectivity index (χ1v) is 22.1. The van der Waals surface area contributed by atoms with Gasteiger partial charge in [0.15, 0.2) is 34.8 Å². The number of nitrogens with one attached hydrogen (secondary N) is 1. The number of phenols is 2. The van der Waals surface area contributed by atoms with Crippen molar-refractivity contribution in [3.05, 3.63) is 222 Å². The Morgan fingerprint density at radius 3 is 1.40 bits per heavy atom. The van der Waals surface area contributed by atoms with Crippen molar-refractivity contribution in [3.8, 4) is 56.4 Å². The molecule has 0 saturated carbocycles. The zero-order valence-electron chi connectivity index (χ0n) is 57.2. The molecule has 0 atom stereocenters. The Morgan fingerprint density at radius 1 is 0.494 bits per heavy atom.